The minimum atomic E-state index is -0.369. The van der Waals surface area contributed by atoms with Gasteiger partial charge in [0.15, 0.2) is 0 Å². The molecule has 0 bridgehead atoms. The largest absolute Gasteiger partial charge is 0.384 e. The van der Waals surface area contributed by atoms with Crippen LogP contribution in [-0.4, -0.2) is 9.97 Å². The molecule has 76 valence electrons. The molecule has 0 atom stereocenters. The number of nitrogens with zero attached hydrogens (tertiary/aromatic N) is 2. The van der Waals surface area contributed by atoms with E-state index in [0.717, 1.165) is 0 Å². The number of anilines is 1. The fourth-order valence-corrected chi connectivity index (χ4v) is 1.43. The molecule has 0 fully saturated rings. The van der Waals surface area contributed by atoms with Gasteiger partial charge in [-0.2, -0.15) is 0 Å². The summed E-state index contributed by atoms with van der Waals surface area (Å²) in [5.74, 6) is -0.153. The number of nitrogens with two attached hydrogens (primary N) is 1. The maximum absolute atomic E-state index is 13.4. The Balaban J connectivity index is 2.59. The second kappa shape index (κ2) is 3.82. The van der Waals surface area contributed by atoms with Crippen molar-refractivity contribution in [3.63, 3.8) is 0 Å². The fourth-order valence-electron chi connectivity index (χ4n) is 1.24. The number of nitrogen functional groups attached to an aromatic ring is 1. The second-order valence-corrected chi connectivity index (χ2v) is 3.26. The third-order valence-electron chi connectivity index (χ3n) is 1.87. The number of benzene rings is 1. The first-order chi connectivity index (χ1) is 7.16. The molecule has 15 heavy (non-hydrogen) atoms. The Labute approximate surface area is 90.7 Å². The molecule has 1 aromatic carbocycles. The van der Waals surface area contributed by atoms with Crippen LogP contribution in [0.3, 0.4) is 0 Å². The summed E-state index contributed by atoms with van der Waals surface area (Å²) in [6.07, 6.45) is 0. The van der Waals surface area contributed by atoms with Gasteiger partial charge in [-0.15, -0.1) is 0 Å². The zero-order valence-electron chi connectivity index (χ0n) is 7.61. The maximum atomic E-state index is 13.4. The first-order valence-corrected chi connectivity index (χ1v) is 4.59. The maximum Gasteiger partial charge on any atom is 0.224 e. The zero-order valence-corrected chi connectivity index (χ0v) is 8.37. The van der Waals surface area contributed by atoms with E-state index in [1.165, 1.54) is 12.1 Å². The van der Waals surface area contributed by atoms with E-state index in [1.54, 1.807) is 18.2 Å². The van der Waals surface area contributed by atoms with Gasteiger partial charge < -0.3 is 5.73 Å². The minimum absolute atomic E-state index is 0.00764. The predicted molar refractivity (Wildman–Crippen MR) is 56.8 cm³/mol. The number of hydrogen-bond donors (Lipinski definition) is 1. The second-order valence-electron chi connectivity index (χ2n) is 2.93. The summed E-state index contributed by atoms with van der Waals surface area (Å²) in [5.41, 5.74) is 6.22. The lowest BCUT2D eigenvalue weighted by Gasteiger charge is -2.03. The molecule has 0 unspecified atom stereocenters. The smallest absolute Gasteiger partial charge is 0.224 e. The van der Waals surface area contributed by atoms with Gasteiger partial charge >= 0.3 is 0 Å². The van der Waals surface area contributed by atoms with Crippen LogP contribution in [0.25, 0.3) is 11.3 Å². The third-order valence-corrected chi connectivity index (χ3v) is 2.04. The Bertz CT molecular complexity index is 482. The lowest BCUT2D eigenvalue weighted by molar-refractivity contribution is 0.630. The van der Waals surface area contributed by atoms with E-state index in [2.05, 4.69) is 9.97 Å². The molecule has 0 saturated carbocycles. The quantitative estimate of drug-likeness (QED) is 0.756. The van der Waals surface area contributed by atoms with Crippen LogP contribution in [0.2, 0.25) is 5.28 Å². The Kier molecular flexibility index (Phi) is 2.51. The highest BCUT2D eigenvalue weighted by atomic mass is 35.5. The highest BCUT2D eigenvalue weighted by Crippen LogP contribution is 2.22. The van der Waals surface area contributed by atoms with Crippen LogP contribution < -0.4 is 5.73 Å². The molecule has 5 heteroatoms. The SMILES string of the molecule is Nc1cc(-c2ccccc2F)nc(Cl)n1. The topological polar surface area (TPSA) is 51.8 Å². The van der Waals surface area contributed by atoms with Gasteiger partial charge in [-0.25, -0.2) is 14.4 Å². The number of hydrogen-bond acceptors (Lipinski definition) is 3. The van der Waals surface area contributed by atoms with E-state index in [0.29, 0.717) is 11.3 Å². The highest BCUT2D eigenvalue weighted by Gasteiger charge is 2.07. The van der Waals surface area contributed by atoms with Crippen molar-refractivity contribution < 1.29 is 4.39 Å². The lowest BCUT2D eigenvalue weighted by Crippen LogP contribution is -1.95. The summed E-state index contributed by atoms with van der Waals surface area (Å²) in [4.78, 5) is 7.60. The van der Waals surface area contributed by atoms with Gasteiger partial charge in [0.05, 0.1) is 5.69 Å². The van der Waals surface area contributed by atoms with Crippen molar-refractivity contribution in [2.45, 2.75) is 0 Å². The van der Waals surface area contributed by atoms with Gasteiger partial charge in [0.2, 0.25) is 5.28 Å². The molecule has 0 aliphatic rings. The summed E-state index contributed by atoms with van der Waals surface area (Å²) >= 11 is 5.63. The van der Waals surface area contributed by atoms with E-state index in [4.69, 9.17) is 17.3 Å². The molecule has 0 aliphatic carbocycles. The summed E-state index contributed by atoms with van der Waals surface area (Å²) in [5, 5.41) is 0.00764. The standard InChI is InChI=1S/C10H7ClFN3/c11-10-14-8(5-9(13)15-10)6-3-1-2-4-7(6)12/h1-5H,(H2,13,14,15). The first-order valence-electron chi connectivity index (χ1n) is 4.22. The van der Waals surface area contributed by atoms with Crippen molar-refractivity contribution in [3.05, 3.63) is 41.4 Å². The molecular weight excluding hydrogens is 217 g/mol. The fraction of sp³-hybridized carbons (Fsp3) is 0. The van der Waals surface area contributed by atoms with Crippen molar-refractivity contribution in [3.8, 4) is 11.3 Å². The first kappa shape index (κ1) is 9.86. The monoisotopic (exact) mass is 223 g/mol. The van der Waals surface area contributed by atoms with Crippen LogP contribution in [0.4, 0.5) is 10.2 Å². The summed E-state index contributed by atoms with van der Waals surface area (Å²) in [6, 6.07) is 7.74. The van der Waals surface area contributed by atoms with E-state index >= 15 is 0 Å². The molecule has 0 saturated heterocycles. The van der Waals surface area contributed by atoms with Crippen LogP contribution in [0.15, 0.2) is 30.3 Å². The van der Waals surface area contributed by atoms with Crippen molar-refractivity contribution in [2.24, 2.45) is 0 Å². The van der Waals surface area contributed by atoms with Gasteiger partial charge in [0.1, 0.15) is 11.6 Å². The molecule has 1 heterocycles. The zero-order chi connectivity index (χ0) is 10.8. The van der Waals surface area contributed by atoms with Crippen molar-refractivity contribution in [1.29, 1.82) is 0 Å². The highest BCUT2D eigenvalue weighted by molar-refractivity contribution is 6.28. The van der Waals surface area contributed by atoms with Crippen LogP contribution in [0.1, 0.15) is 0 Å². The number of halogens is 2. The van der Waals surface area contributed by atoms with Crippen LogP contribution in [0.5, 0.6) is 0 Å². The Morgan fingerprint density at radius 3 is 2.60 bits per heavy atom. The molecular formula is C10H7ClFN3. The van der Waals surface area contributed by atoms with Crippen LogP contribution >= 0.6 is 11.6 Å². The molecule has 2 rings (SSSR count). The average Bonchev–Trinajstić information content (AvgIpc) is 2.16. The van der Waals surface area contributed by atoms with Crippen molar-refractivity contribution in [2.75, 3.05) is 5.73 Å². The molecule has 0 aliphatic heterocycles. The summed E-state index contributed by atoms with van der Waals surface area (Å²) in [6.45, 7) is 0. The third kappa shape index (κ3) is 2.05. The number of rotatable bonds is 1. The summed E-state index contributed by atoms with van der Waals surface area (Å²) in [7, 11) is 0. The molecule has 0 amide bonds. The van der Waals surface area contributed by atoms with Gasteiger partial charge in [-0.05, 0) is 23.7 Å². The van der Waals surface area contributed by atoms with Crippen molar-refractivity contribution in [1.82, 2.24) is 9.97 Å². The van der Waals surface area contributed by atoms with Gasteiger partial charge in [-0.1, -0.05) is 12.1 Å². The molecule has 0 spiro atoms. The van der Waals surface area contributed by atoms with Gasteiger partial charge in [-0.3, -0.25) is 0 Å². The van der Waals surface area contributed by atoms with Crippen LogP contribution in [-0.2, 0) is 0 Å². The van der Waals surface area contributed by atoms with Gasteiger partial charge in [0.25, 0.3) is 0 Å². The average molecular weight is 224 g/mol. The molecule has 1 aromatic heterocycles. The normalized spacial score (nSPS) is 10.3. The Hall–Kier alpha value is -1.68. The summed E-state index contributed by atoms with van der Waals surface area (Å²) < 4.78 is 13.4. The Morgan fingerprint density at radius 2 is 1.93 bits per heavy atom. The van der Waals surface area contributed by atoms with E-state index < -0.39 is 0 Å². The lowest BCUT2D eigenvalue weighted by atomic mass is 10.1. The molecule has 0 radical (unpaired) electrons. The van der Waals surface area contributed by atoms with Gasteiger partial charge in [0, 0.05) is 11.6 Å². The molecule has 2 aromatic rings. The predicted octanol–water partition coefficient (Wildman–Crippen LogP) is 2.52. The van der Waals surface area contributed by atoms with Crippen LogP contribution in [0, 0.1) is 5.82 Å². The Morgan fingerprint density at radius 1 is 1.20 bits per heavy atom. The van der Waals surface area contributed by atoms with E-state index in [1.807, 2.05) is 0 Å². The molecule has 2 N–H and O–H groups in total. The minimum Gasteiger partial charge on any atom is -0.384 e. The molecule has 3 nitrogen and oxygen atoms in total. The van der Waals surface area contributed by atoms with E-state index in [9.17, 15) is 4.39 Å². The van der Waals surface area contributed by atoms with E-state index in [-0.39, 0.29) is 16.9 Å². The van der Waals surface area contributed by atoms with Crippen molar-refractivity contribution >= 4 is 17.4 Å². The number of aromatic nitrogens is 2.